The fourth-order valence-corrected chi connectivity index (χ4v) is 4.78. The highest BCUT2D eigenvalue weighted by Crippen LogP contribution is 2.33. The molecule has 8 nitrogen and oxygen atoms in total. The van der Waals surface area contributed by atoms with E-state index in [-0.39, 0.29) is 24.4 Å². The lowest BCUT2D eigenvalue weighted by Gasteiger charge is -2.41. The summed E-state index contributed by atoms with van der Waals surface area (Å²) in [5, 5.41) is 4.84. The van der Waals surface area contributed by atoms with E-state index in [2.05, 4.69) is 23.8 Å². The summed E-state index contributed by atoms with van der Waals surface area (Å²) in [6.07, 6.45) is 0.404. The quantitative estimate of drug-likeness (QED) is 0.357. The van der Waals surface area contributed by atoms with Gasteiger partial charge in [0, 0.05) is 55.6 Å². The van der Waals surface area contributed by atoms with Crippen molar-refractivity contribution in [1.82, 2.24) is 10.6 Å². The maximum absolute atomic E-state index is 14.8. The summed E-state index contributed by atoms with van der Waals surface area (Å²) < 4.78 is 34.9. The first-order chi connectivity index (χ1) is 18.5. The number of imide groups is 1. The second kappa shape index (κ2) is 11.7. The van der Waals surface area contributed by atoms with Gasteiger partial charge in [-0.05, 0) is 43.5 Å². The first-order valence-electron chi connectivity index (χ1n) is 12.7. The fraction of sp³-hybridized carbons (Fsp3) is 0.345. The Morgan fingerprint density at radius 3 is 2.46 bits per heavy atom. The van der Waals surface area contributed by atoms with Crippen molar-refractivity contribution in [2.75, 3.05) is 29.9 Å². The van der Waals surface area contributed by atoms with Gasteiger partial charge in [-0.25, -0.2) is 13.6 Å². The molecule has 0 aromatic heterocycles. The molecule has 0 spiro atoms. The lowest BCUT2D eigenvalue weighted by Crippen LogP contribution is -2.59. The Kier molecular flexibility index (Phi) is 8.32. The summed E-state index contributed by atoms with van der Waals surface area (Å²) in [5.41, 5.74) is 2.99. The van der Waals surface area contributed by atoms with Crippen LogP contribution >= 0.6 is 0 Å². The van der Waals surface area contributed by atoms with Crippen molar-refractivity contribution >= 4 is 29.3 Å². The van der Waals surface area contributed by atoms with E-state index in [1.807, 2.05) is 43.1 Å². The van der Waals surface area contributed by atoms with E-state index in [0.717, 1.165) is 16.9 Å². The Morgan fingerprint density at radius 1 is 1.15 bits per heavy atom. The molecule has 3 amide bonds. The van der Waals surface area contributed by atoms with Crippen molar-refractivity contribution in [3.05, 3.63) is 83.8 Å². The molecule has 206 valence electrons. The minimum atomic E-state index is -1.05. The predicted molar refractivity (Wildman–Crippen MR) is 144 cm³/mol. The summed E-state index contributed by atoms with van der Waals surface area (Å²) >= 11 is 0. The van der Waals surface area contributed by atoms with Gasteiger partial charge in [-0.3, -0.25) is 14.9 Å². The van der Waals surface area contributed by atoms with Crippen molar-refractivity contribution in [3.8, 4) is 0 Å². The summed E-state index contributed by atoms with van der Waals surface area (Å²) in [5.74, 6) is -3.59. The largest absolute Gasteiger partial charge is 0.416 e. The number of amides is 3. The first kappa shape index (κ1) is 27.8. The van der Waals surface area contributed by atoms with Crippen LogP contribution in [0.15, 0.2) is 61.0 Å². The van der Waals surface area contributed by atoms with Gasteiger partial charge in [-0.15, -0.1) is 0 Å². The molecule has 4 rings (SSSR count). The van der Waals surface area contributed by atoms with Crippen molar-refractivity contribution < 1.29 is 27.9 Å². The number of carbonyl (C=O) groups is 3. The molecule has 2 saturated heterocycles. The molecule has 1 unspecified atom stereocenters. The van der Waals surface area contributed by atoms with Crippen molar-refractivity contribution in [2.24, 2.45) is 0 Å². The SMILES string of the molecule is C=C(CCC(=C)N(C)c1ccccc1C)OC(=O)NC1CN(c2cc(F)c(C3CCC(=O)NC3=O)c(F)c2)C1. The van der Waals surface area contributed by atoms with E-state index in [0.29, 0.717) is 37.4 Å². The molecule has 2 fully saturated rings. The summed E-state index contributed by atoms with van der Waals surface area (Å²) in [4.78, 5) is 39.4. The molecule has 39 heavy (non-hydrogen) atoms. The number of rotatable bonds is 9. The third-order valence-electron chi connectivity index (χ3n) is 7.10. The first-order valence-corrected chi connectivity index (χ1v) is 12.7. The molecule has 0 aliphatic carbocycles. The van der Waals surface area contributed by atoms with Gasteiger partial charge in [0.1, 0.15) is 17.4 Å². The summed E-state index contributed by atoms with van der Waals surface area (Å²) in [6.45, 7) is 10.6. The number of allylic oxidation sites excluding steroid dienone is 2. The van der Waals surface area contributed by atoms with Crippen LogP contribution in [0.2, 0.25) is 0 Å². The molecule has 1 atom stereocenters. The maximum atomic E-state index is 14.8. The molecule has 2 aromatic carbocycles. The monoisotopic (exact) mass is 538 g/mol. The number of alkyl carbamates (subject to hydrolysis) is 1. The third kappa shape index (κ3) is 6.45. The van der Waals surface area contributed by atoms with Crippen molar-refractivity contribution in [3.63, 3.8) is 0 Å². The third-order valence-corrected chi connectivity index (χ3v) is 7.10. The highest BCUT2D eigenvalue weighted by Gasteiger charge is 2.34. The number of carbonyl (C=O) groups excluding carboxylic acids is 3. The highest BCUT2D eigenvalue weighted by molar-refractivity contribution is 6.01. The van der Waals surface area contributed by atoms with Gasteiger partial charge in [0.25, 0.3) is 0 Å². The Balaban J connectivity index is 1.22. The molecule has 10 heteroatoms. The Labute approximate surface area is 226 Å². The number of para-hydroxylation sites is 1. The minimum Gasteiger partial charge on any atom is -0.416 e. The van der Waals surface area contributed by atoms with Gasteiger partial charge in [0.15, 0.2) is 0 Å². The van der Waals surface area contributed by atoms with Crippen LogP contribution in [0.3, 0.4) is 0 Å². The molecule has 0 bridgehead atoms. The van der Waals surface area contributed by atoms with E-state index in [1.165, 1.54) is 12.1 Å². The number of hydrogen-bond donors (Lipinski definition) is 2. The molecule has 2 aromatic rings. The molecule has 2 aliphatic heterocycles. The van der Waals surface area contributed by atoms with E-state index >= 15 is 0 Å². The highest BCUT2D eigenvalue weighted by atomic mass is 19.1. The fourth-order valence-electron chi connectivity index (χ4n) is 4.78. The molecular weight excluding hydrogens is 506 g/mol. The zero-order valence-electron chi connectivity index (χ0n) is 22.1. The van der Waals surface area contributed by atoms with Crippen LogP contribution in [0.25, 0.3) is 0 Å². The van der Waals surface area contributed by atoms with Crippen molar-refractivity contribution in [2.45, 2.75) is 44.6 Å². The average Bonchev–Trinajstić information content (AvgIpc) is 2.85. The average molecular weight is 539 g/mol. The molecule has 2 aliphatic rings. The Hall–Kier alpha value is -4.21. The predicted octanol–water partition coefficient (Wildman–Crippen LogP) is 4.65. The lowest BCUT2D eigenvalue weighted by molar-refractivity contribution is -0.134. The van der Waals surface area contributed by atoms with Gasteiger partial charge in [0.2, 0.25) is 11.8 Å². The Morgan fingerprint density at radius 2 is 1.82 bits per heavy atom. The number of nitrogens with zero attached hydrogens (tertiary/aromatic N) is 2. The second-order valence-electron chi connectivity index (χ2n) is 9.91. The lowest BCUT2D eigenvalue weighted by atomic mass is 9.89. The normalized spacial score (nSPS) is 17.2. The topological polar surface area (TPSA) is 91.0 Å². The van der Waals surface area contributed by atoms with Crippen LogP contribution in [0.5, 0.6) is 0 Å². The second-order valence-corrected chi connectivity index (χ2v) is 9.91. The number of anilines is 2. The zero-order valence-corrected chi connectivity index (χ0v) is 22.1. The molecule has 0 radical (unpaired) electrons. The summed E-state index contributed by atoms with van der Waals surface area (Å²) in [6, 6.07) is 10.0. The van der Waals surface area contributed by atoms with Gasteiger partial charge in [-0.1, -0.05) is 31.4 Å². The standard InChI is InChI=1S/C29H32F2N4O4/c1-17-7-5-6-8-25(17)34(4)18(2)9-10-19(3)39-29(38)32-20-15-35(16-20)21-13-23(30)27(24(31)14-21)22-11-12-26(36)33-28(22)37/h5-8,13-14,20,22H,2-3,9-12,15-16H2,1,4H3,(H,32,38)(H,33,36,37). The number of hydrogen-bond acceptors (Lipinski definition) is 6. The van der Waals surface area contributed by atoms with Crippen LogP contribution in [0, 0.1) is 18.6 Å². The number of aryl methyl sites for hydroxylation is 1. The maximum Gasteiger partial charge on any atom is 0.412 e. The van der Waals surface area contributed by atoms with Crippen LogP contribution in [0.4, 0.5) is 25.0 Å². The molecule has 0 saturated carbocycles. The van der Waals surface area contributed by atoms with Crippen molar-refractivity contribution in [1.29, 1.82) is 0 Å². The van der Waals surface area contributed by atoms with Crippen LogP contribution < -0.4 is 20.4 Å². The van der Waals surface area contributed by atoms with E-state index in [4.69, 9.17) is 4.74 Å². The zero-order chi connectivity index (χ0) is 28.3. The number of piperidine rings is 1. The number of ether oxygens (including phenoxy) is 1. The smallest absolute Gasteiger partial charge is 0.412 e. The van der Waals surface area contributed by atoms with Crippen LogP contribution in [-0.2, 0) is 14.3 Å². The van der Waals surface area contributed by atoms with Crippen LogP contribution in [0.1, 0.15) is 42.7 Å². The van der Waals surface area contributed by atoms with Gasteiger partial charge in [0.05, 0.1) is 12.0 Å². The number of halogens is 2. The van der Waals surface area contributed by atoms with Gasteiger partial charge < -0.3 is 19.9 Å². The molecular formula is C29H32F2N4O4. The number of benzene rings is 2. The van der Waals surface area contributed by atoms with E-state index in [9.17, 15) is 23.2 Å². The van der Waals surface area contributed by atoms with E-state index in [1.54, 1.807) is 4.90 Å². The van der Waals surface area contributed by atoms with E-state index < -0.39 is 35.5 Å². The van der Waals surface area contributed by atoms with Gasteiger partial charge >= 0.3 is 6.09 Å². The van der Waals surface area contributed by atoms with Crippen LogP contribution in [-0.4, -0.2) is 44.1 Å². The molecule has 2 N–H and O–H groups in total. The number of nitrogens with one attached hydrogen (secondary N) is 2. The summed E-state index contributed by atoms with van der Waals surface area (Å²) in [7, 11) is 1.93. The molecule has 2 heterocycles. The van der Waals surface area contributed by atoms with Gasteiger partial charge in [-0.2, -0.15) is 0 Å². The minimum absolute atomic E-state index is 0.0260. The Bertz CT molecular complexity index is 1300.